The first-order valence-electron chi connectivity index (χ1n) is 7.48. The molecule has 0 saturated heterocycles. The summed E-state index contributed by atoms with van der Waals surface area (Å²) in [5.41, 5.74) is 1.46. The highest BCUT2D eigenvalue weighted by Crippen LogP contribution is 2.16. The summed E-state index contributed by atoms with van der Waals surface area (Å²) in [6, 6.07) is 12.6. The summed E-state index contributed by atoms with van der Waals surface area (Å²) in [5, 5.41) is 9.38. The minimum absolute atomic E-state index is 0.169. The number of aromatic nitrogens is 3. The summed E-state index contributed by atoms with van der Waals surface area (Å²) < 4.78 is 19.6. The van der Waals surface area contributed by atoms with Crippen LogP contribution in [-0.2, 0) is 6.54 Å². The molecule has 2 aromatic carbocycles. The number of ether oxygens (including phenoxy) is 1. The Balaban J connectivity index is 1.58. The van der Waals surface area contributed by atoms with Crippen LogP contribution in [0.2, 0.25) is 0 Å². The Morgan fingerprint density at radius 1 is 1.20 bits per heavy atom. The summed E-state index contributed by atoms with van der Waals surface area (Å²) in [6.45, 7) is 0.423. The zero-order valence-electron chi connectivity index (χ0n) is 13.4. The second-order valence-corrected chi connectivity index (χ2v) is 5.20. The van der Waals surface area contributed by atoms with Gasteiger partial charge >= 0.3 is 6.03 Å². The first kappa shape index (κ1) is 16.4. The van der Waals surface area contributed by atoms with Gasteiger partial charge in [-0.25, -0.2) is 18.9 Å². The van der Waals surface area contributed by atoms with Gasteiger partial charge in [0.25, 0.3) is 0 Å². The first-order valence-corrected chi connectivity index (χ1v) is 7.48. The van der Waals surface area contributed by atoms with Crippen molar-refractivity contribution >= 4 is 17.7 Å². The van der Waals surface area contributed by atoms with Crippen molar-refractivity contribution in [2.75, 3.05) is 17.7 Å². The van der Waals surface area contributed by atoms with Crippen molar-refractivity contribution in [3.63, 3.8) is 0 Å². The van der Waals surface area contributed by atoms with E-state index in [1.807, 2.05) is 0 Å². The number of carbonyl (C=O) groups is 1. The van der Waals surface area contributed by atoms with Gasteiger partial charge in [-0.15, -0.1) is 5.10 Å². The standard InChI is InChI=1S/C17H16FN5O2/c1-25-15-4-2-3-14(9-15)20-17(24)21-16-19-11-23(22-16)10-12-5-7-13(18)8-6-12/h2-9,11H,10H2,1H3,(H2,20,21,22,24). The Bertz CT molecular complexity index is 863. The van der Waals surface area contributed by atoms with Gasteiger partial charge in [0.05, 0.1) is 13.7 Å². The van der Waals surface area contributed by atoms with Crippen LogP contribution in [0.15, 0.2) is 54.9 Å². The molecule has 8 heteroatoms. The Kier molecular flexibility index (Phi) is 4.89. The molecule has 2 amide bonds. The number of rotatable bonds is 5. The number of amides is 2. The third kappa shape index (κ3) is 4.54. The SMILES string of the molecule is COc1cccc(NC(=O)Nc2ncn(Cc3ccc(F)cc3)n2)c1. The smallest absolute Gasteiger partial charge is 0.326 e. The number of nitrogens with zero attached hydrogens (tertiary/aromatic N) is 3. The maximum atomic E-state index is 12.9. The van der Waals surface area contributed by atoms with Gasteiger partial charge in [0, 0.05) is 11.8 Å². The van der Waals surface area contributed by atoms with Gasteiger partial charge in [0.2, 0.25) is 5.95 Å². The van der Waals surface area contributed by atoms with Crippen LogP contribution in [0.5, 0.6) is 5.75 Å². The predicted molar refractivity (Wildman–Crippen MR) is 91.2 cm³/mol. The molecule has 0 saturated carbocycles. The first-order chi connectivity index (χ1) is 12.1. The number of hydrogen-bond donors (Lipinski definition) is 2. The lowest BCUT2D eigenvalue weighted by Gasteiger charge is -2.06. The summed E-state index contributed by atoms with van der Waals surface area (Å²) in [7, 11) is 1.55. The predicted octanol–water partition coefficient (Wildman–Crippen LogP) is 3.12. The molecule has 2 N–H and O–H groups in total. The van der Waals surface area contributed by atoms with Crippen LogP contribution >= 0.6 is 0 Å². The number of nitrogens with one attached hydrogen (secondary N) is 2. The minimum Gasteiger partial charge on any atom is -0.497 e. The lowest BCUT2D eigenvalue weighted by atomic mass is 10.2. The van der Waals surface area contributed by atoms with Crippen molar-refractivity contribution in [1.82, 2.24) is 14.8 Å². The van der Waals surface area contributed by atoms with Crippen molar-refractivity contribution in [2.24, 2.45) is 0 Å². The van der Waals surface area contributed by atoms with E-state index in [4.69, 9.17) is 4.74 Å². The van der Waals surface area contributed by atoms with E-state index in [0.29, 0.717) is 18.0 Å². The molecule has 7 nitrogen and oxygen atoms in total. The molecule has 0 aliphatic rings. The van der Waals surface area contributed by atoms with Crippen molar-refractivity contribution in [1.29, 1.82) is 0 Å². The molecule has 25 heavy (non-hydrogen) atoms. The monoisotopic (exact) mass is 341 g/mol. The van der Waals surface area contributed by atoms with E-state index in [1.165, 1.54) is 18.5 Å². The molecule has 3 rings (SSSR count). The quantitative estimate of drug-likeness (QED) is 0.747. The molecule has 0 aliphatic heterocycles. The highest BCUT2D eigenvalue weighted by atomic mass is 19.1. The van der Waals surface area contributed by atoms with Crippen LogP contribution in [0.1, 0.15) is 5.56 Å². The Hall–Kier alpha value is -3.42. The van der Waals surface area contributed by atoms with E-state index >= 15 is 0 Å². The molecular weight excluding hydrogens is 325 g/mol. The number of benzene rings is 2. The molecule has 0 bridgehead atoms. The fraction of sp³-hybridized carbons (Fsp3) is 0.118. The number of carbonyl (C=O) groups excluding carboxylic acids is 1. The van der Waals surface area contributed by atoms with Crippen LogP contribution < -0.4 is 15.4 Å². The number of halogens is 1. The molecule has 0 fully saturated rings. The van der Waals surface area contributed by atoms with Gasteiger partial charge in [0.1, 0.15) is 17.9 Å². The normalized spacial score (nSPS) is 10.3. The van der Waals surface area contributed by atoms with Crippen LogP contribution in [0.4, 0.5) is 20.8 Å². The summed E-state index contributed by atoms with van der Waals surface area (Å²) in [4.78, 5) is 16.0. The molecule has 0 unspecified atom stereocenters. The molecule has 1 heterocycles. The summed E-state index contributed by atoms with van der Waals surface area (Å²) >= 11 is 0. The van der Waals surface area contributed by atoms with E-state index in [2.05, 4.69) is 20.7 Å². The topological polar surface area (TPSA) is 81.1 Å². The van der Waals surface area contributed by atoms with E-state index in [-0.39, 0.29) is 11.8 Å². The van der Waals surface area contributed by atoms with Crippen LogP contribution in [0, 0.1) is 5.82 Å². The molecule has 1 aromatic heterocycles. The van der Waals surface area contributed by atoms with Crippen LogP contribution in [0.25, 0.3) is 0 Å². The average molecular weight is 341 g/mol. The van der Waals surface area contributed by atoms with E-state index < -0.39 is 6.03 Å². The largest absolute Gasteiger partial charge is 0.497 e. The zero-order valence-corrected chi connectivity index (χ0v) is 13.4. The maximum Gasteiger partial charge on any atom is 0.326 e. The van der Waals surface area contributed by atoms with Gasteiger partial charge in [0.15, 0.2) is 0 Å². The highest BCUT2D eigenvalue weighted by molar-refractivity contribution is 5.98. The molecule has 0 atom stereocenters. The molecule has 0 aliphatic carbocycles. The minimum atomic E-state index is -0.465. The van der Waals surface area contributed by atoms with E-state index in [1.54, 1.807) is 48.2 Å². The second kappa shape index (κ2) is 7.43. The lowest BCUT2D eigenvalue weighted by molar-refractivity contribution is 0.262. The van der Waals surface area contributed by atoms with Gasteiger partial charge < -0.3 is 10.1 Å². The van der Waals surface area contributed by atoms with Crippen LogP contribution in [0.3, 0.4) is 0 Å². The fourth-order valence-corrected chi connectivity index (χ4v) is 2.17. The van der Waals surface area contributed by atoms with Gasteiger partial charge in [-0.1, -0.05) is 18.2 Å². The summed E-state index contributed by atoms with van der Waals surface area (Å²) in [5.74, 6) is 0.515. The van der Waals surface area contributed by atoms with E-state index in [9.17, 15) is 9.18 Å². The van der Waals surface area contributed by atoms with Gasteiger partial charge in [-0.05, 0) is 29.8 Å². The van der Waals surface area contributed by atoms with Gasteiger partial charge in [-0.3, -0.25) is 5.32 Å². The highest BCUT2D eigenvalue weighted by Gasteiger charge is 2.07. The fourth-order valence-electron chi connectivity index (χ4n) is 2.17. The van der Waals surface area contributed by atoms with Crippen molar-refractivity contribution in [2.45, 2.75) is 6.54 Å². The molecule has 0 spiro atoms. The Morgan fingerprint density at radius 3 is 2.76 bits per heavy atom. The van der Waals surface area contributed by atoms with Crippen molar-refractivity contribution < 1.29 is 13.9 Å². The average Bonchev–Trinajstić information content (AvgIpc) is 3.04. The Morgan fingerprint density at radius 2 is 2.00 bits per heavy atom. The number of urea groups is 1. The third-order valence-corrected chi connectivity index (χ3v) is 3.35. The molecular formula is C17H16FN5O2. The maximum absolute atomic E-state index is 12.9. The van der Waals surface area contributed by atoms with Gasteiger partial charge in [-0.2, -0.15) is 0 Å². The summed E-state index contributed by atoms with van der Waals surface area (Å²) in [6.07, 6.45) is 1.49. The van der Waals surface area contributed by atoms with Crippen LogP contribution in [-0.4, -0.2) is 27.9 Å². The number of anilines is 2. The molecule has 128 valence electrons. The lowest BCUT2D eigenvalue weighted by Crippen LogP contribution is -2.20. The van der Waals surface area contributed by atoms with Crippen molar-refractivity contribution in [3.8, 4) is 5.75 Å². The molecule has 0 radical (unpaired) electrons. The Labute approximate surface area is 143 Å². The third-order valence-electron chi connectivity index (χ3n) is 3.35. The molecule has 3 aromatic rings. The number of hydrogen-bond acceptors (Lipinski definition) is 4. The van der Waals surface area contributed by atoms with E-state index in [0.717, 1.165) is 5.56 Å². The zero-order chi connectivity index (χ0) is 17.6. The van der Waals surface area contributed by atoms with Crippen molar-refractivity contribution in [3.05, 3.63) is 66.2 Å². The second-order valence-electron chi connectivity index (χ2n) is 5.20. The number of methoxy groups -OCH3 is 1.